The molecule has 1 aromatic carbocycles. The zero-order chi connectivity index (χ0) is 22.7. The van der Waals surface area contributed by atoms with Gasteiger partial charge in [0, 0.05) is 5.56 Å². The molecule has 6 atom stereocenters. The van der Waals surface area contributed by atoms with Gasteiger partial charge >= 0.3 is 0 Å². The van der Waals surface area contributed by atoms with Crippen LogP contribution in [0.5, 0.6) is 5.75 Å². The molecule has 2 aliphatic heterocycles. The van der Waals surface area contributed by atoms with Crippen LogP contribution in [0.3, 0.4) is 0 Å². The summed E-state index contributed by atoms with van der Waals surface area (Å²) in [4.78, 5) is 0. The highest BCUT2D eigenvalue weighted by Crippen LogP contribution is 2.43. The van der Waals surface area contributed by atoms with Crippen molar-refractivity contribution in [2.24, 2.45) is 0 Å². The Morgan fingerprint density at radius 3 is 2.62 bits per heavy atom. The smallest absolute Gasteiger partial charge is 0.150 e. The number of allylic oxidation sites excluding steroid dienone is 4. The lowest BCUT2D eigenvalue weighted by Crippen LogP contribution is -2.55. The van der Waals surface area contributed by atoms with Gasteiger partial charge in [-0.2, -0.15) is 0 Å². The number of rotatable bonds is 6. The highest BCUT2D eigenvalue weighted by atomic mass is 16.5. The van der Waals surface area contributed by atoms with Gasteiger partial charge in [-0.05, 0) is 30.5 Å². The highest BCUT2D eigenvalue weighted by molar-refractivity contribution is 5.49. The Bertz CT molecular complexity index is 932. The molecule has 4 N–H and O–H groups in total. The molecule has 8 heteroatoms. The van der Waals surface area contributed by atoms with Gasteiger partial charge in [0.25, 0.3) is 0 Å². The summed E-state index contributed by atoms with van der Waals surface area (Å²) in [5, 5.41) is 40.5. The first-order chi connectivity index (χ1) is 15.5. The van der Waals surface area contributed by atoms with Crippen LogP contribution in [0.2, 0.25) is 0 Å². The summed E-state index contributed by atoms with van der Waals surface area (Å²) in [6.45, 7) is -0.489. The molecule has 1 aromatic rings. The molecule has 0 bridgehead atoms. The molecule has 8 nitrogen and oxygen atoms in total. The van der Waals surface area contributed by atoms with Crippen molar-refractivity contribution in [2.45, 2.75) is 49.3 Å². The van der Waals surface area contributed by atoms with E-state index in [9.17, 15) is 20.4 Å². The fraction of sp³-hybridized carbons (Fsp3) is 0.417. The van der Waals surface area contributed by atoms with E-state index in [1.54, 1.807) is 25.5 Å². The van der Waals surface area contributed by atoms with Crippen molar-refractivity contribution in [2.75, 3.05) is 13.7 Å². The fourth-order valence-corrected chi connectivity index (χ4v) is 4.34. The van der Waals surface area contributed by atoms with E-state index in [1.165, 1.54) is 12.5 Å². The van der Waals surface area contributed by atoms with Gasteiger partial charge in [-0.25, -0.2) is 0 Å². The topological polar surface area (TPSA) is 118 Å². The maximum atomic E-state index is 10.6. The number of ether oxygens (including phenoxy) is 4. The molecule has 0 spiro atoms. The molecule has 4 rings (SSSR count). The molecule has 172 valence electrons. The van der Waals surface area contributed by atoms with Crippen LogP contribution in [0.25, 0.3) is 0 Å². The maximum Gasteiger partial charge on any atom is 0.150 e. The first-order valence-electron chi connectivity index (χ1n) is 10.6. The number of hydrogen-bond donors (Lipinski definition) is 4. The predicted octanol–water partition coefficient (Wildman–Crippen LogP) is 1.93. The molecule has 0 radical (unpaired) electrons. The lowest BCUT2D eigenvalue weighted by atomic mass is 9.82. The van der Waals surface area contributed by atoms with Crippen molar-refractivity contribution >= 4 is 0 Å². The molecular formula is C24H28O8. The molecule has 3 aliphatic rings. The van der Waals surface area contributed by atoms with Crippen LogP contribution in [0.15, 0.2) is 66.5 Å². The van der Waals surface area contributed by atoms with Gasteiger partial charge < -0.3 is 39.4 Å². The molecule has 32 heavy (non-hydrogen) atoms. The number of methoxy groups -OCH3 is 1. The van der Waals surface area contributed by atoms with Crippen molar-refractivity contribution < 1.29 is 39.4 Å². The molecule has 0 saturated carbocycles. The molecule has 1 fully saturated rings. The summed E-state index contributed by atoms with van der Waals surface area (Å²) in [6.07, 6.45) is 6.10. The van der Waals surface area contributed by atoms with Gasteiger partial charge in [0.15, 0.2) is 0 Å². The van der Waals surface area contributed by atoms with E-state index in [1.807, 2.05) is 18.2 Å². The van der Waals surface area contributed by atoms with Gasteiger partial charge in [0.05, 0.1) is 19.6 Å². The summed E-state index contributed by atoms with van der Waals surface area (Å²) in [7, 11) is 1.57. The minimum Gasteiger partial charge on any atom is -0.496 e. The third-order valence-electron chi connectivity index (χ3n) is 6.01. The van der Waals surface area contributed by atoms with Crippen molar-refractivity contribution in [3.63, 3.8) is 0 Å². The van der Waals surface area contributed by atoms with E-state index in [2.05, 4.69) is 6.08 Å². The van der Waals surface area contributed by atoms with E-state index in [-0.39, 0.29) is 5.92 Å². The highest BCUT2D eigenvalue weighted by Gasteiger charge is 2.44. The first kappa shape index (κ1) is 22.6. The Hall–Kier alpha value is -2.62. The molecule has 0 amide bonds. The van der Waals surface area contributed by atoms with E-state index in [4.69, 9.17) is 18.9 Å². The normalized spacial score (nSPS) is 30.6. The molecule has 1 unspecified atom stereocenters. The zero-order valence-electron chi connectivity index (χ0n) is 17.7. The van der Waals surface area contributed by atoms with E-state index < -0.39 is 37.1 Å². The van der Waals surface area contributed by atoms with Crippen LogP contribution >= 0.6 is 0 Å². The standard InChI is InChI=1S/C24H28O8/c1-29-17-8-7-15(24-23(28)22(27)21(26)18(12-25)32-24)11-16(17)20(14-5-3-2-4-6-14)19-13-30-9-10-31-19/h2-3,5,7-11,13,18,20-28H,4,6,12H2,1H3/t18-,20?,21-,22+,23-,24+/m1/s1. The van der Waals surface area contributed by atoms with Crippen molar-refractivity contribution in [1.29, 1.82) is 0 Å². The zero-order valence-corrected chi connectivity index (χ0v) is 17.7. The Labute approximate surface area is 186 Å². The van der Waals surface area contributed by atoms with Gasteiger partial charge in [0.1, 0.15) is 60.8 Å². The van der Waals surface area contributed by atoms with Crippen molar-refractivity contribution in [1.82, 2.24) is 0 Å². The summed E-state index contributed by atoms with van der Waals surface area (Å²) in [5.41, 5.74) is 2.44. The fourth-order valence-electron chi connectivity index (χ4n) is 4.34. The summed E-state index contributed by atoms with van der Waals surface area (Å²) >= 11 is 0. The molecular weight excluding hydrogens is 416 g/mol. The third kappa shape index (κ3) is 4.32. The quantitative estimate of drug-likeness (QED) is 0.526. The van der Waals surface area contributed by atoms with Crippen molar-refractivity contribution in [3.8, 4) is 5.75 Å². The van der Waals surface area contributed by atoms with E-state index >= 15 is 0 Å². The second-order valence-corrected chi connectivity index (χ2v) is 7.94. The Balaban J connectivity index is 1.77. The third-order valence-corrected chi connectivity index (χ3v) is 6.01. The summed E-state index contributed by atoms with van der Waals surface area (Å²) in [5.74, 6) is 0.876. The molecule has 0 aromatic heterocycles. The number of aliphatic hydroxyl groups is 4. The minimum atomic E-state index is -1.46. The number of aliphatic hydroxyl groups excluding tert-OH is 4. The Morgan fingerprint density at radius 2 is 1.97 bits per heavy atom. The lowest BCUT2D eigenvalue weighted by molar-refractivity contribution is -0.231. The Kier molecular flexibility index (Phi) is 6.98. The van der Waals surface area contributed by atoms with Crippen LogP contribution in [-0.2, 0) is 14.2 Å². The van der Waals surface area contributed by atoms with Gasteiger partial charge in [-0.1, -0.05) is 29.9 Å². The summed E-state index contributed by atoms with van der Waals surface area (Å²) in [6, 6.07) is 5.32. The largest absolute Gasteiger partial charge is 0.496 e. The van der Waals surface area contributed by atoms with Crippen LogP contribution in [0.1, 0.15) is 36.0 Å². The predicted molar refractivity (Wildman–Crippen MR) is 114 cm³/mol. The molecule has 2 heterocycles. The summed E-state index contributed by atoms with van der Waals surface area (Å²) < 4.78 is 22.5. The first-order valence-corrected chi connectivity index (χ1v) is 10.6. The van der Waals surface area contributed by atoms with Crippen LogP contribution < -0.4 is 4.74 Å². The number of benzene rings is 1. The van der Waals surface area contributed by atoms with Gasteiger partial charge in [-0.15, -0.1) is 0 Å². The average Bonchev–Trinajstić information content (AvgIpc) is 2.84. The SMILES string of the molecule is COc1ccc([C@@H]2O[C@H](CO)[C@@H](O)[C@H](O)[C@H]2O)cc1C(C1=CC=CCC1)C1=COC=CO1. The van der Waals surface area contributed by atoms with Crippen LogP contribution in [-0.4, -0.2) is 58.6 Å². The maximum absolute atomic E-state index is 10.6. The Morgan fingerprint density at radius 1 is 1.12 bits per heavy atom. The second kappa shape index (κ2) is 9.89. The average molecular weight is 444 g/mol. The van der Waals surface area contributed by atoms with Gasteiger partial charge in [-0.3, -0.25) is 0 Å². The lowest BCUT2D eigenvalue weighted by Gasteiger charge is -2.40. The van der Waals surface area contributed by atoms with Crippen LogP contribution in [0.4, 0.5) is 0 Å². The molecule has 1 aliphatic carbocycles. The van der Waals surface area contributed by atoms with Gasteiger partial charge in [0.2, 0.25) is 0 Å². The molecule has 1 saturated heterocycles. The van der Waals surface area contributed by atoms with Crippen LogP contribution in [0, 0.1) is 0 Å². The van der Waals surface area contributed by atoms with E-state index in [0.717, 1.165) is 24.0 Å². The second-order valence-electron chi connectivity index (χ2n) is 7.94. The number of hydrogen-bond acceptors (Lipinski definition) is 8. The monoisotopic (exact) mass is 444 g/mol. The minimum absolute atomic E-state index is 0.315. The van der Waals surface area contributed by atoms with E-state index in [0.29, 0.717) is 17.1 Å². The van der Waals surface area contributed by atoms with Crippen molar-refractivity contribution in [3.05, 3.63) is 77.7 Å².